The number of hydrogen-bond acceptors (Lipinski definition) is 4. The van der Waals surface area contributed by atoms with Gasteiger partial charge in [0.1, 0.15) is 16.9 Å². The summed E-state index contributed by atoms with van der Waals surface area (Å²) >= 11 is 0. The number of carboxylic acids is 1. The highest BCUT2D eigenvalue weighted by Crippen LogP contribution is 2.33. The number of carboxylic acid groups (broad SMARTS) is 1. The summed E-state index contributed by atoms with van der Waals surface area (Å²) in [4.78, 5) is 22.6. The quantitative estimate of drug-likeness (QED) is 0.709. The van der Waals surface area contributed by atoms with Gasteiger partial charge in [0, 0.05) is 17.0 Å². The van der Waals surface area contributed by atoms with E-state index in [4.69, 9.17) is 9.52 Å². The lowest BCUT2D eigenvalue weighted by Gasteiger charge is -2.08. The predicted molar refractivity (Wildman–Crippen MR) is 81.3 cm³/mol. The molecular formula is C17H12O5. The predicted octanol–water partition coefficient (Wildman–Crippen LogP) is 3.17. The molecule has 3 rings (SSSR count). The molecule has 0 amide bonds. The lowest BCUT2D eigenvalue weighted by Crippen LogP contribution is -2.12. The molecule has 0 aliphatic heterocycles. The van der Waals surface area contributed by atoms with Crippen LogP contribution in [0.3, 0.4) is 0 Å². The molecule has 0 bridgehead atoms. The van der Waals surface area contributed by atoms with E-state index in [1.807, 2.05) is 31.2 Å². The molecule has 0 atom stereocenters. The lowest BCUT2D eigenvalue weighted by molar-refractivity contribution is 0.0692. The first-order valence-electron chi connectivity index (χ1n) is 6.57. The molecule has 0 aliphatic rings. The minimum Gasteiger partial charge on any atom is -0.507 e. The van der Waals surface area contributed by atoms with Crippen LogP contribution in [0.5, 0.6) is 5.75 Å². The Morgan fingerprint density at radius 1 is 1.14 bits per heavy atom. The van der Waals surface area contributed by atoms with Gasteiger partial charge < -0.3 is 14.6 Å². The van der Waals surface area contributed by atoms with E-state index in [-0.39, 0.29) is 11.3 Å². The van der Waals surface area contributed by atoms with Gasteiger partial charge in [-0.3, -0.25) is 0 Å². The molecular weight excluding hydrogens is 284 g/mol. The van der Waals surface area contributed by atoms with Gasteiger partial charge in [-0.2, -0.15) is 0 Å². The van der Waals surface area contributed by atoms with Crippen molar-refractivity contribution in [1.29, 1.82) is 0 Å². The van der Waals surface area contributed by atoms with Crippen LogP contribution in [0.15, 0.2) is 51.7 Å². The van der Waals surface area contributed by atoms with Gasteiger partial charge in [-0.15, -0.1) is 0 Å². The zero-order valence-corrected chi connectivity index (χ0v) is 11.7. The van der Waals surface area contributed by atoms with Crippen molar-refractivity contribution in [3.8, 4) is 16.9 Å². The van der Waals surface area contributed by atoms with Gasteiger partial charge in [0.2, 0.25) is 0 Å². The maximum absolute atomic E-state index is 11.6. The largest absolute Gasteiger partial charge is 0.507 e. The second kappa shape index (κ2) is 5.04. The molecule has 0 spiro atoms. The Hall–Kier alpha value is -3.08. The first-order chi connectivity index (χ1) is 10.5. The van der Waals surface area contributed by atoms with Crippen LogP contribution < -0.4 is 5.63 Å². The number of rotatable bonds is 2. The Labute approximate surface area is 125 Å². The SMILES string of the molecule is Cc1cccc(-c2cc3cc(C(=O)O)c(=O)oc3cc2O)c1. The molecule has 0 radical (unpaired) electrons. The fourth-order valence-corrected chi connectivity index (χ4v) is 2.35. The molecule has 22 heavy (non-hydrogen) atoms. The van der Waals surface area contributed by atoms with Gasteiger partial charge in [-0.05, 0) is 24.6 Å². The van der Waals surface area contributed by atoms with Crippen LogP contribution in [0.4, 0.5) is 0 Å². The second-order valence-corrected chi connectivity index (χ2v) is 5.03. The van der Waals surface area contributed by atoms with Crippen LogP contribution in [0, 0.1) is 6.92 Å². The molecule has 5 nitrogen and oxygen atoms in total. The highest BCUT2D eigenvalue weighted by Gasteiger charge is 2.14. The highest BCUT2D eigenvalue weighted by molar-refractivity contribution is 5.93. The average Bonchev–Trinajstić information content (AvgIpc) is 2.45. The van der Waals surface area contributed by atoms with Crippen LogP contribution in [0.1, 0.15) is 15.9 Å². The van der Waals surface area contributed by atoms with Crippen LogP contribution in [0.2, 0.25) is 0 Å². The van der Waals surface area contributed by atoms with Crippen LogP contribution in [-0.2, 0) is 0 Å². The highest BCUT2D eigenvalue weighted by atomic mass is 16.4. The zero-order valence-electron chi connectivity index (χ0n) is 11.7. The molecule has 2 aromatic carbocycles. The molecule has 1 heterocycles. The number of benzene rings is 2. The Kier molecular flexibility index (Phi) is 3.18. The van der Waals surface area contributed by atoms with E-state index >= 15 is 0 Å². The molecule has 2 N–H and O–H groups in total. The number of hydrogen-bond donors (Lipinski definition) is 2. The molecule has 110 valence electrons. The van der Waals surface area contributed by atoms with Gasteiger partial charge >= 0.3 is 11.6 Å². The summed E-state index contributed by atoms with van der Waals surface area (Å²) in [6.07, 6.45) is 0. The van der Waals surface area contributed by atoms with E-state index in [0.29, 0.717) is 10.9 Å². The van der Waals surface area contributed by atoms with Crippen molar-refractivity contribution >= 4 is 16.9 Å². The van der Waals surface area contributed by atoms with E-state index in [2.05, 4.69) is 0 Å². The summed E-state index contributed by atoms with van der Waals surface area (Å²) in [6.45, 7) is 1.93. The molecule has 0 fully saturated rings. The van der Waals surface area contributed by atoms with Crippen molar-refractivity contribution in [1.82, 2.24) is 0 Å². The van der Waals surface area contributed by atoms with Gasteiger partial charge in [-0.1, -0.05) is 29.8 Å². The Bertz CT molecular complexity index is 953. The summed E-state index contributed by atoms with van der Waals surface area (Å²) in [6, 6.07) is 11.7. The molecule has 0 saturated carbocycles. The van der Waals surface area contributed by atoms with Crippen molar-refractivity contribution in [3.05, 3.63) is 64.0 Å². The molecule has 0 aliphatic carbocycles. The van der Waals surface area contributed by atoms with E-state index in [1.54, 1.807) is 6.07 Å². The van der Waals surface area contributed by atoms with Gasteiger partial charge in [0.05, 0.1) is 0 Å². The number of aromatic carboxylic acids is 1. The minimum atomic E-state index is -1.35. The fourth-order valence-electron chi connectivity index (χ4n) is 2.35. The van der Waals surface area contributed by atoms with Gasteiger partial charge in [-0.25, -0.2) is 9.59 Å². The summed E-state index contributed by atoms with van der Waals surface area (Å²) < 4.78 is 4.95. The first kappa shape index (κ1) is 13.9. The molecule has 1 aromatic heterocycles. The molecule has 0 saturated heterocycles. The first-order valence-corrected chi connectivity index (χ1v) is 6.57. The third-order valence-electron chi connectivity index (χ3n) is 3.41. The summed E-state index contributed by atoms with van der Waals surface area (Å²) in [5.41, 5.74) is 1.13. The third-order valence-corrected chi connectivity index (χ3v) is 3.41. The lowest BCUT2D eigenvalue weighted by atomic mass is 10.0. The Morgan fingerprint density at radius 2 is 1.91 bits per heavy atom. The number of fused-ring (bicyclic) bond motifs is 1. The maximum Gasteiger partial charge on any atom is 0.351 e. The van der Waals surface area contributed by atoms with Crippen LogP contribution in [-0.4, -0.2) is 16.2 Å². The summed E-state index contributed by atoms with van der Waals surface area (Å²) in [5.74, 6) is -1.38. The zero-order chi connectivity index (χ0) is 15.9. The Balaban J connectivity index is 2.29. The van der Waals surface area contributed by atoms with Crippen molar-refractivity contribution in [2.75, 3.05) is 0 Å². The van der Waals surface area contributed by atoms with Crippen molar-refractivity contribution in [2.24, 2.45) is 0 Å². The number of phenolic OH excluding ortho intramolecular Hbond substituents is 1. The van der Waals surface area contributed by atoms with E-state index < -0.39 is 17.2 Å². The van der Waals surface area contributed by atoms with E-state index in [0.717, 1.165) is 11.1 Å². The smallest absolute Gasteiger partial charge is 0.351 e. The van der Waals surface area contributed by atoms with Crippen molar-refractivity contribution in [3.63, 3.8) is 0 Å². The molecule has 3 aromatic rings. The topological polar surface area (TPSA) is 87.7 Å². The Morgan fingerprint density at radius 3 is 2.59 bits per heavy atom. The monoisotopic (exact) mass is 296 g/mol. The molecule has 5 heteroatoms. The second-order valence-electron chi connectivity index (χ2n) is 5.03. The maximum atomic E-state index is 11.6. The summed E-state index contributed by atoms with van der Waals surface area (Å²) in [5, 5.41) is 19.6. The van der Waals surface area contributed by atoms with E-state index in [1.165, 1.54) is 12.1 Å². The van der Waals surface area contributed by atoms with Crippen molar-refractivity contribution in [2.45, 2.75) is 6.92 Å². The number of carbonyl (C=O) groups is 1. The molecule has 0 unspecified atom stereocenters. The van der Waals surface area contributed by atoms with E-state index in [9.17, 15) is 14.7 Å². The fraction of sp³-hybridized carbons (Fsp3) is 0.0588. The average molecular weight is 296 g/mol. The normalized spacial score (nSPS) is 10.8. The van der Waals surface area contributed by atoms with Gasteiger partial charge in [0.15, 0.2) is 0 Å². The van der Waals surface area contributed by atoms with Crippen molar-refractivity contribution < 1.29 is 19.4 Å². The summed E-state index contributed by atoms with van der Waals surface area (Å²) in [7, 11) is 0. The van der Waals surface area contributed by atoms with Crippen LogP contribution in [0.25, 0.3) is 22.1 Å². The minimum absolute atomic E-state index is 0.0377. The number of aromatic hydroxyl groups is 1. The van der Waals surface area contributed by atoms with Gasteiger partial charge in [0.25, 0.3) is 0 Å². The number of phenols is 1. The van der Waals surface area contributed by atoms with Crippen LogP contribution >= 0.6 is 0 Å². The standard InChI is InChI=1S/C17H12O5/c1-9-3-2-4-10(5-9)12-6-11-7-13(16(19)20)17(21)22-15(11)8-14(12)18/h2-8,18H,1H3,(H,19,20). The third kappa shape index (κ3) is 2.33. The number of aryl methyl sites for hydroxylation is 1.